The number of hydrazine groups is 1. The number of para-hydroxylation sites is 1. The zero-order chi connectivity index (χ0) is 23.4. The minimum absolute atomic E-state index is 0.178. The van der Waals surface area contributed by atoms with E-state index < -0.39 is 6.17 Å². The molecule has 0 saturated heterocycles. The van der Waals surface area contributed by atoms with E-state index in [2.05, 4.69) is 10.7 Å². The number of ether oxygens (including phenoxy) is 1. The molecule has 0 radical (unpaired) electrons. The third kappa shape index (κ3) is 5.41. The highest BCUT2D eigenvalue weighted by Gasteiger charge is 2.34. The average Bonchev–Trinajstić information content (AvgIpc) is 2.80. The molecule has 1 atom stereocenters. The second-order valence-electron chi connectivity index (χ2n) is 7.74. The molecule has 2 amide bonds. The van der Waals surface area contributed by atoms with Gasteiger partial charge in [-0.25, -0.2) is 5.01 Å². The van der Waals surface area contributed by atoms with Crippen molar-refractivity contribution in [1.29, 1.82) is 0 Å². The fourth-order valence-electron chi connectivity index (χ4n) is 3.55. The summed E-state index contributed by atoms with van der Waals surface area (Å²) in [6, 6.07) is 20.1. The maximum atomic E-state index is 13.2. The first-order chi connectivity index (χ1) is 15.9. The number of hydrogen-bond donors (Lipinski definition) is 2. The van der Waals surface area contributed by atoms with Crippen LogP contribution < -0.4 is 15.5 Å². The number of benzene rings is 3. The second-order valence-corrected chi connectivity index (χ2v) is 8.58. The summed E-state index contributed by atoms with van der Waals surface area (Å²) in [7, 11) is 0. The number of rotatable bonds is 7. The summed E-state index contributed by atoms with van der Waals surface area (Å²) in [6.45, 7) is 2.29. The van der Waals surface area contributed by atoms with Gasteiger partial charge in [-0.2, -0.15) is 0 Å². The van der Waals surface area contributed by atoms with Crippen molar-refractivity contribution in [2.24, 2.45) is 0 Å². The molecule has 6 nitrogen and oxygen atoms in total. The fraction of sp³-hybridized carbons (Fsp3) is 0.200. The Labute approximate surface area is 202 Å². The number of nitrogens with one attached hydrogen (secondary N) is 2. The lowest BCUT2D eigenvalue weighted by Gasteiger charge is -2.37. The van der Waals surface area contributed by atoms with E-state index in [0.717, 1.165) is 16.8 Å². The lowest BCUT2D eigenvalue weighted by atomic mass is 10.0. The molecule has 1 aliphatic rings. The zero-order valence-electron chi connectivity index (χ0n) is 18.0. The second kappa shape index (κ2) is 10.1. The minimum atomic E-state index is -0.527. The van der Waals surface area contributed by atoms with Gasteiger partial charge in [-0.3, -0.25) is 15.0 Å². The minimum Gasteiger partial charge on any atom is -0.492 e. The van der Waals surface area contributed by atoms with Crippen LogP contribution in [0.15, 0.2) is 66.7 Å². The van der Waals surface area contributed by atoms with Gasteiger partial charge in [0.15, 0.2) is 0 Å². The number of anilines is 1. The molecule has 170 valence electrons. The van der Waals surface area contributed by atoms with Crippen LogP contribution in [0.3, 0.4) is 0 Å². The number of carbonyl (C=O) groups excluding carboxylic acids is 2. The third-order valence-electron chi connectivity index (χ3n) is 5.26. The number of carbonyl (C=O) groups is 2. The van der Waals surface area contributed by atoms with Crippen molar-refractivity contribution in [2.45, 2.75) is 25.9 Å². The molecule has 0 aromatic heterocycles. The first-order valence-electron chi connectivity index (χ1n) is 10.6. The molecule has 1 aliphatic heterocycles. The first-order valence-corrected chi connectivity index (χ1v) is 11.3. The summed E-state index contributed by atoms with van der Waals surface area (Å²) in [5.41, 5.74) is 5.98. The van der Waals surface area contributed by atoms with Crippen LogP contribution in [0.2, 0.25) is 10.0 Å². The van der Waals surface area contributed by atoms with Gasteiger partial charge in [0.05, 0.1) is 17.2 Å². The lowest BCUT2D eigenvalue weighted by molar-refractivity contribution is -0.126. The van der Waals surface area contributed by atoms with Crippen molar-refractivity contribution >= 4 is 40.7 Å². The van der Waals surface area contributed by atoms with Crippen LogP contribution in [0.25, 0.3) is 0 Å². The zero-order valence-corrected chi connectivity index (χ0v) is 19.5. The van der Waals surface area contributed by atoms with E-state index in [9.17, 15) is 9.59 Å². The SMILES string of the molecule is Cc1ccc(C2Nc3ccccc3C(=O)N2NC(=O)CCCOc2ccc(Cl)cc2Cl)cc1. The number of amides is 2. The number of aryl methyl sites for hydroxylation is 1. The maximum absolute atomic E-state index is 13.2. The third-order valence-corrected chi connectivity index (χ3v) is 5.80. The summed E-state index contributed by atoms with van der Waals surface area (Å²) in [5.74, 6) is -0.0483. The molecule has 2 N–H and O–H groups in total. The van der Waals surface area contributed by atoms with Crippen LogP contribution in [0.5, 0.6) is 5.75 Å². The smallest absolute Gasteiger partial charge is 0.276 e. The van der Waals surface area contributed by atoms with E-state index in [-0.39, 0.29) is 18.2 Å². The molecule has 0 fully saturated rings. The van der Waals surface area contributed by atoms with E-state index in [1.807, 2.05) is 43.3 Å². The topological polar surface area (TPSA) is 70.7 Å². The number of hydrogen-bond acceptors (Lipinski definition) is 4. The van der Waals surface area contributed by atoms with E-state index in [1.165, 1.54) is 5.01 Å². The summed E-state index contributed by atoms with van der Waals surface area (Å²) in [6.07, 6.45) is 0.101. The van der Waals surface area contributed by atoms with Gasteiger partial charge < -0.3 is 10.1 Å². The summed E-state index contributed by atoms with van der Waals surface area (Å²) < 4.78 is 5.64. The van der Waals surface area contributed by atoms with Crippen LogP contribution in [-0.4, -0.2) is 23.4 Å². The number of halogens is 2. The quantitative estimate of drug-likeness (QED) is 0.419. The highest BCUT2D eigenvalue weighted by Crippen LogP contribution is 2.32. The monoisotopic (exact) mass is 483 g/mol. The Morgan fingerprint density at radius 1 is 1.09 bits per heavy atom. The van der Waals surface area contributed by atoms with Gasteiger partial charge in [0.25, 0.3) is 5.91 Å². The van der Waals surface area contributed by atoms with E-state index in [4.69, 9.17) is 27.9 Å². The van der Waals surface area contributed by atoms with Crippen molar-refractivity contribution in [3.63, 3.8) is 0 Å². The molecule has 0 aliphatic carbocycles. The molecule has 8 heteroatoms. The highest BCUT2D eigenvalue weighted by molar-refractivity contribution is 6.35. The molecule has 4 rings (SSSR count). The van der Waals surface area contributed by atoms with E-state index in [0.29, 0.717) is 34.4 Å². The molecular weight excluding hydrogens is 461 g/mol. The van der Waals surface area contributed by atoms with Gasteiger partial charge in [-0.05, 0) is 49.2 Å². The van der Waals surface area contributed by atoms with Gasteiger partial charge in [0, 0.05) is 17.1 Å². The number of fused-ring (bicyclic) bond motifs is 1. The Hall–Kier alpha value is -3.22. The van der Waals surface area contributed by atoms with E-state index >= 15 is 0 Å². The lowest BCUT2D eigenvalue weighted by Crippen LogP contribution is -2.52. The van der Waals surface area contributed by atoms with Gasteiger partial charge in [0.2, 0.25) is 5.91 Å². The molecule has 33 heavy (non-hydrogen) atoms. The van der Waals surface area contributed by atoms with Crippen molar-refractivity contribution in [3.8, 4) is 5.75 Å². The summed E-state index contributed by atoms with van der Waals surface area (Å²) in [4.78, 5) is 25.9. The van der Waals surface area contributed by atoms with Gasteiger partial charge in [-0.1, -0.05) is 65.2 Å². The van der Waals surface area contributed by atoms with Crippen LogP contribution in [0.1, 0.15) is 40.5 Å². The fourth-order valence-corrected chi connectivity index (χ4v) is 4.01. The van der Waals surface area contributed by atoms with Crippen molar-refractivity contribution in [1.82, 2.24) is 10.4 Å². The highest BCUT2D eigenvalue weighted by atomic mass is 35.5. The Bertz CT molecular complexity index is 1170. The van der Waals surface area contributed by atoms with Crippen LogP contribution in [0, 0.1) is 6.92 Å². The van der Waals surface area contributed by atoms with Gasteiger partial charge in [0.1, 0.15) is 11.9 Å². The Morgan fingerprint density at radius 2 is 1.85 bits per heavy atom. The largest absolute Gasteiger partial charge is 0.492 e. The standard InChI is InChI=1S/C25H23Cl2N3O3/c1-16-8-10-17(11-9-16)24-28-21-6-3-2-5-19(21)25(32)30(24)29-23(31)7-4-14-33-22-13-12-18(26)15-20(22)27/h2-3,5-6,8-13,15,24,28H,4,7,14H2,1H3,(H,29,31). The predicted molar refractivity (Wildman–Crippen MR) is 129 cm³/mol. The molecule has 0 bridgehead atoms. The van der Waals surface area contributed by atoms with Crippen LogP contribution >= 0.6 is 23.2 Å². The Morgan fingerprint density at radius 3 is 2.61 bits per heavy atom. The first kappa shape index (κ1) is 23.0. The number of nitrogens with zero attached hydrogens (tertiary/aromatic N) is 1. The van der Waals surface area contributed by atoms with Crippen molar-refractivity contribution < 1.29 is 14.3 Å². The van der Waals surface area contributed by atoms with Crippen LogP contribution in [0.4, 0.5) is 5.69 Å². The van der Waals surface area contributed by atoms with Gasteiger partial charge >= 0.3 is 0 Å². The van der Waals surface area contributed by atoms with E-state index in [1.54, 1.807) is 30.3 Å². The summed E-state index contributed by atoms with van der Waals surface area (Å²) in [5, 5.41) is 5.65. The maximum Gasteiger partial charge on any atom is 0.276 e. The molecule has 1 heterocycles. The van der Waals surface area contributed by atoms with Gasteiger partial charge in [-0.15, -0.1) is 0 Å². The van der Waals surface area contributed by atoms with Crippen molar-refractivity contribution in [2.75, 3.05) is 11.9 Å². The van der Waals surface area contributed by atoms with Crippen molar-refractivity contribution in [3.05, 3.63) is 93.5 Å². The molecule has 1 unspecified atom stereocenters. The van der Waals surface area contributed by atoms with Crippen LogP contribution in [-0.2, 0) is 4.79 Å². The normalized spacial score (nSPS) is 14.9. The molecule has 0 spiro atoms. The molecular formula is C25H23Cl2N3O3. The molecule has 3 aromatic rings. The molecule has 3 aromatic carbocycles. The average molecular weight is 484 g/mol. The Kier molecular flexibility index (Phi) is 7.06. The molecule has 0 saturated carbocycles. The Balaban J connectivity index is 1.42. The predicted octanol–water partition coefficient (Wildman–Crippen LogP) is 5.76. The summed E-state index contributed by atoms with van der Waals surface area (Å²) >= 11 is 12.0.